The number of fused-ring (bicyclic) bond motifs is 1. The van der Waals surface area contributed by atoms with E-state index >= 15 is 0 Å². The topological polar surface area (TPSA) is 49.4 Å². The van der Waals surface area contributed by atoms with Gasteiger partial charge < -0.3 is 10.2 Å². The van der Waals surface area contributed by atoms with E-state index in [2.05, 4.69) is 12.2 Å². The van der Waals surface area contributed by atoms with Crippen molar-refractivity contribution in [1.29, 1.82) is 0 Å². The van der Waals surface area contributed by atoms with Crippen LogP contribution in [-0.2, 0) is 9.59 Å². The van der Waals surface area contributed by atoms with Crippen molar-refractivity contribution in [2.75, 3.05) is 18.4 Å². The fourth-order valence-corrected chi connectivity index (χ4v) is 3.61. The largest absolute Gasteiger partial charge is 0.343 e. The number of nitrogens with one attached hydrogen (secondary N) is 1. The second-order valence-corrected chi connectivity index (χ2v) is 6.95. The molecule has 22 heavy (non-hydrogen) atoms. The first-order valence-corrected chi connectivity index (χ1v) is 8.85. The van der Waals surface area contributed by atoms with Crippen molar-refractivity contribution in [2.24, 2.45) is 0 Å². The van der Waals surface area contributed by atoms with E-state index in [1.165, 1.54) is 11.8 Å². The van der Waals surface area contributed by atoms with Gasteiger partial charge >= 0.3 is 0 Å². The lowest BCUT2D eigenvalue weighted by atomic mass is 10.2. The molecule has 0 fully saturated rings. The zero-order valence-electron chi connectivity index (χ0n) is 12.9. The van der Waals surface area contributed by atoms with E-state index in [4.69, 9.17) is 11.6 Å². The Hall–Kier alpha value is -1.20. The van der Waals surface area contributed by atoms with E-state index in [9.17, 15) is 9.59 Å². The van der Waals surface area contributed by atoms with Crippen molar-refractivity contribution >= 4 is 40.9 Å². The van der Waals surface area contributed by atoms with Gasteiger partial charge in [0.2, 0.25) is 11.8 Å². The van der Waals surface area contributed by atoms with E-state index in [-0.39, 0.29) is 23.5 Å². The molecule has 0 aliphatic carbocycles. The van der Waals surface area contributed by atoms with Gasteiger partial charge in [-0.15, -0.1) is 11.8 Å². The minimum Gasteiger partial charge on any atom is -0.343 e. The average molecular weight is 341 g/mol. The van der Waals surface area contributed by atoms with E-state index in [0.717, 1.165) is 30.0 Å². The van der Waals surface area contributed by atoms with Gasteiger partial charge in [-0.3, -0.25) is 9.59 Å². The molecule has 2 rings (SSSR count). The van der Waals surface area contributed by atoms with Gasteiger partial charge in [0.15, 0.2) is 0 Å². The Morgan fingerprint density at radius 3 is 2.86 bits per heavy atom. The first-order chi connectivity index (χ1) is 10.5. The maximum Gasteiger partial charge on any atom is 0.238 e. The molecule has 1 N–H and O–H groups in total. The molecule has 2 amide bonds. The number of halogens is 1. The third-order valence-corrected chi connectivity index (χ3v) is 5.15. The van der Waals surface area contributed by atoms with Crippen LogP contribution in [0.1, 0.15) is 33.1 Å². The molecule has 1 heterocycles. The van der Waals surface area contributed by atoms with Crippen LogP contribution in [0, 0.1) is 0 Å². The van der Waals surface area contributed by atoms with Crippen LogP contribution in [0.25, 0.3) is 0 Å². The SMILES string of the molecule is CCCCN(CC)C(=O)C[C@H]1Sc2ccc(Cl)cc2NC1=O. The summed E-state index contributed by atoms with van der Waals surface area (Å²) in [6.07, 6.45) is 2.28. The highest BCUT2D eigenvalue weighted by atomic mass is 35.5. The van der Waals surface area contributed by atoms with E-state index in [1.54, 1.807) is 12.1 Å². The predicted octanol–water partition coefficient (Wildman–Crippen LogP) is 3.79. The Kier molecular flexibility index (Phi) is 6.15. The number of hydrogen-bond donors (Lipinski definition) is 1. The molecule has 1 aliphatic heterocycles. The Bertz CT molecular complexity index is 565. The van der Waals surface area contributed by atoms with Crippen LogP contribution < -0.4 is 5.32 Å². The number of carbonyl (C=O) groups excluding carboxylic acids is 2. The smallest absolute Gasteiger partial charge is 0.238 e. The lowest BCUT2D eigenvalue weighted by Gasteiger charge is -2.27. The molecular weight excluding hydrogens is 320 g/mol. The van der Waals surface area contributed by atoms with Crippen LogP contribution in [-0.4, -0.2) is 35.1 Å². The Morgan fingerprint density at radius 1 is 1.41 bits per heavy atom. The maximum atomic E-state index is 12.4. The molecule has 1 aromatic rings. The third-order valence-electron chi connectivity index (χ3n) is 3.64. The number of hydrogen-bond acceptors (Lipinski definition) is 3. The van der Waals surface area contributed by atoms with Crippen LogP contribution in [0.15, 0.2) is 23.1 Å². The lowest BCUT2D eigenvalue weighted by Crippen LogP contribution is -2.38. The van der Waals surface area contributed by atoms with Crippen LogP contribution >= 0.6 is 23.4 Å². The first-order valence-electron chi connectivity index (χ1n) is 7.60. The minimum atomic E-state index is -0.378. The van der Waals surface area contributed by atoms with Crippen LogP contribution in [0.3, 0.4) is 0 Å². The summed E-state index contributed by atoms with van der Waals surface area (Å²) in [4.78, 5) is 27.3. The molecule has 0 saturated carbocycles. The van der Waals surface area contributed by atoms with Crippen molar-refractivity contribution in [2.45, 2.75) is 43.3 Å². The second-order valence-electron chi connectivity index (χ2n) is 5.27. The van der Waals surface area contributed by atoms with Gasteiger partial charge in [0, 0.05) is 29.4 Å². The molecule has 0 saturated heterocycles. The van der Waals surface area contributed by atoms with E-state index < -0.39 is 0 Å². The normalized spacial score (nSPS) is 16.9. The summed E-state index contributed by atoms with van der Waals surface area (Å²) in [5.41, 5.74) is 0.726. The van der Waals surface area contributed by atoms with Gasteiger partial charge in [-0.25, -0.2) is 0 Å². The Morgan fingerprint density at radius 2 is 2.18 bits per heavy atom. The molecule has 4 nitrogen and oxygen atoms in total. The number of carbonyl (C=O) groups is 2. The van der Waals surface area contributed by atoms with Gasteiger partial charge in [0.1, 0.15) is 0 Å². The summed E-state index contributed by atoms with van der Waals surface area (Å²) in [5, 5.41) is 3.05. The van der Waals surface area contributed by atoms with Crippen molar-refractivity contribution in [3.05, 3.63) is 23.2 Å². The molecule has 1 aromatic carbocycles. The lowest BCUT2D eigenvalue weighted by molar-refractivity contribution is -0.132. The van der Waals surface area contributed by atoms with Gasteiger partial charge in [0.05, 0.1) is 10.9 Å². The van der Waals surface area contributed by atoms with Crippen LogP contribution in [0.2, 0.25) is 5.02 Å². The highest BCUT2D eigenvalue weighted by molar-refractivity contribution is 8.01. The van der Waals surface area contributed by atoms with Crippen molar-refractivity contribution in [1.82, 2.24) is 4.90 Å². The third kappa shape index (κ3) is 4.17. The van der Waals surface area contributed by atoms with Gasteiger partial charge in [0.25, 0.3) is 0 Å². The van der Waals surface area contributed by atoms with Gasteiger partial charge in [-0.1, -0.05) is 24.9 Å². The minimum absolute atomic E-state index is 0.0426. The standard InChI is InChI=1S/C16H21ClN2O2S/c1-3-5-8-19(4-2)15(20)10-14-16(21)18-12-9-11(17)6-7-13(12)22-14/h6-7,9,14H,3-5,8,10H2,1-2H3,(H,18,21)/t14-/m1/s1. The second kappa shape index (κ2) is 7.88. The van der Waals surface area contributed by atoms with Crippen LogP contribution in [0.5, 0.6) is 0 Å². The number of rotatable bonds is 6. The maximum absolute atomic E-state index is 12.4. The molecular formula is C16H21ClN2O2S. The predicted molar refractivity (Wildman–Crippen MR) is 91.5 cm³/mol. The van der Waals surface area contributed by atoms with E-state index in [0.29, 0.717) is 11.6 Å². The highest BCUT2D eigenvalue weighted by Crippen LogP contribution is 2.38. The first kappa shape index (κ1) is 17.2. The average Bonchev–Trinajstić information content (AvgIpc) is 2.49. The van der Waals surface area contributed by atoms with E-state index in [1.807, 2.05) is 17.9 Å². The Balaban J connectivity index is 2.02. The van der Waals surface area contributed by atoms with Gasteiger partial charge in [-0.05, 0) is 31.5 Å². The quantitative estimate of drug-likeness (QED) is 0.857. The van der Waals surface area contributed by atoms with Crippen LogP contribution in [0.4, 0.5) is 5.69 Å². The van der Waals surface area contributed by atoms with Gasteiger partial charge in [-0.2, -0.15) is 0 Å². The van der Waals surface area contributed by atoms with Crippen molar-refractivity contribution in [3.8, 4) is 0 Å². The number of amides is 2. The Labute approximate surface area is 140 Å². The van der Waals surface area contributed by atoms with Crippen molar-refractivity contribution < 1.29 is 9.59 Å². The number of thioether (sulfide) groups is 1. The fourth-order valence-electron chi connectivity index (χ4n) is 2.35. The molecule has 6 heteroatoms. The number of anilines is 1. The molecule has 1 aliphatic rings. The molecule has 0 aromatic heterocycles. The zero-order valence-corrected chi connectivity index (χ0v) is 14.5. The molecule has 0 radical (unpaired) electrons. The summed E-state index contributed by atoms with van der Waals surface area (Å²) < 4.78 is 0. The molecule has 1 atom stereocenters. The zero-order chi connectivity index (χ0) is 16.1. The monoisotopic (exact) mass is 340 g/mol. The molecule has 0 unspecified atom stereocenters. The molecule has 120 valence electrons. The molecule has 0 bridgehead atoms. The summed E-state index contributed by atoms with van der Waals surface area (Å²) in [6.45, 7) is 5.52. The highest BCUT2D eigenvalue weighted by Gasteiger charge is 2.30. The number of unbranched alkanes of at least 4 members (excludes halogenated alkanes) is 1. The molecule has 0 spiro atoms. The summed E-state index contributed by atoms with van der Waals surface area (Å²) in [7, 11) is 0. The number of benzene rings is 1. The summed E-state index contributed by atoms with van der Waals surface area (Å²) in [5.74, 6) is -0.0827. The van der Waals surface area contributed by atoms with Crippen molar-refractivity contribution in [3.63, 3.8) is 0 Å². The number of nitrogens with zero attached hydrogens (tertiary/aromatic N) is 1. The summed E-state index contributed by atoms with van der Waals surface area (Å²) >= 11 is 7.37. The fraction of sp³-hybridized carbons (Fsp3) is 0.500. The summed E-state index contributed by atoms with van der Waals surface area (Å²) in [6, 6.07) is 5.41.